The minimum absolute atomic E-state index is 0.0321. The minimum Gasteiger partial charge on any atom is -0.399 e. The maximum atomic E-state index is 6.30. The fraction of sp³-hybridized carbons (Fsp3) is 0.133. The molecule has 0 unspecified atom stereocenters. The van der Waals surface area contributed by atoms with Gasteiger partial charge >= 0.3 is 7.12 Å². The van der Waals surface area contributed by atoms with Crippen molar-refractivity contribution in [1.82, 2.24) is 29.9 Å². The van der Waals surface area contributed by atoms with E-state index in [1.165, 1.54) is 60.1 Å². The molecule has 14 aromatic rings. The summed E-state index contributed by atoms with van der Waals surface area (Å²) >= 11 is 3.67. The standard InChI is InChI=1S/C42H31N3.C33H30BN3O2.C15H13Br/c1-42(2)36-24-10-9-22-35(36)38-34(23-13-25-37(38)42)32-20-11-18-30(26-32)31-19-12-21-33(27-31)41-44-39(28-14-5-3-6-15-28)43-40(45-41)29-16-7-4-8-17-29;1-32(2)33(3,4)39-34(38-32)28-20-12-18-26(22-28)25-17-11-19-27(21-25)31-36-29(23-13-7-5-8-14-23)35-30(37-31)24-15-9-6-10-16-24;1-15(2)11-7-4-3-6-10(11)14-12(15)8-5-9-13(14)16/h3-27H,1-2H3;5-22H,1-4H3;3-9H,1-2H3. The molecule has 0 atom stereocenters. The second-order valence-electron chi connectivity index (χ2n) is 27.8. The van der Waals surface area contributed by atoms with Crippen LogP contribution in [0.25, 0.3) is 124 Å². The Bertz CT molecular complexity index is 5220. The Morgan fingerprint density at radius 3 is 0.960 bits per heavy atom. The SMILES string of the molecule is CC1(C)OB(c2cccc(-c3cccc(-c4nc(-c5ccccc5)nc(-c5ccccc5)n4)c3)c2)OC1(C)C.CC1(C)c2ccccc2-c2c(-c3cccc(-c4cccc(-c5nc(-c6ccccc6)nc(-c6ccccc6)n5)c4)c3)cccc21.CC1(C)c2ccccc2-c2c(Br)cccc21. The average molecular weight is 1360 g/mol. The van der Waals surface area contributed by atoms with Gasteiger partial charge in [-0.15, -0.1) is 0 Å². The van der Waals surface area contributed by atoms with E-state index in [1.807, 2.05) is 140 Å². The number of benzene rings is 12. The van der Waals surface area contributed by atoms with Gasteiger partial charge in [-0.25, -0.2) is 29.9 Å². The zero-order chi connectivity index (χ0) is 68.8. The molecule has 3 aliphatic rings. The third-order valence-electron chi connectivity index (χ3n) is 20.1. The van der Waals surface area contributed by atoms with Gasteiger partial charge in [0.2, 0.25) is 0 Å². The first-order valence-corrected chi connectivity index (χ1v) is 34.9. The predicted molar refractivity (Wildman–Crippen MR) is 414 cm³/mol. The van der Waals surface area contributed by atoms with Crippen molar-refractivity contribution in [2.45, 2.75) is 77.4 Å². The molecule has 0 N–H and O–H groups in total. The van der Waals surface area contributed by atoms with E-state index in [2.05, 4.69) is 235 Å². The van der Waals surface area contributed by atoms with Crippen LogP contribution in [0.3, 0.4) is 0 Å². The number of halogens is 1. The summed E-state index contributed by atoms with van der Waals surface area (Å²) in [5, 5.41) is 0. The zero-order valence-electron chi connectivity index (χ0n) is 57.3. The van der Waals surface area contributed by atoms with Crippen molar-refractivity contribution in [1.29, 1.82) is 0 Å². The molecule has 100 heavy (non-hydrogen) atoms. The van der Waals surface area contributed by atoms with Gasteiger partial charge in [0.05, 0.1) is 11.2 Å². The normalized spacial score (nSPS) is 14.5. The third-order valence-corrected chi connectivity index (χ3v) is 20.7. The zero-order valence-corrected chi connectivity index (χ0v) is 58.9. The Labute approximate surface area is 595 Å². The molecular weight excluding hydrogens is 1290 g/mol. The van der Waals surface area contributed by atoms with Crippen molar-refractivity contribution in [3.63, 3.8) is 0 Å². The van der Waals surface area contributed by atoms with Gasteiger partial charge in [-0.2, -0.15) is 0 Å². The lowest BCUT2D eigenvalue weighted by atomic mass is 9.78. The first kappa shape index (κ1) is 65.1. The fourth-order valence-corrected chi connectivity index (χ4v) is 14.5. The van der Waals surface area contributed by atoms with Gasteiger partial charge in [0.25, 0.3) is 0 Å². The molecule has 0 bridgehead atoms. The first-order chi connectivity index (χ1) is 48.5. The Morgan fingerprint density at radius 1 is 0.250 bits per heavy atom. The van der Waals surface area contributed by atoms with Crippen LogP contribution in [0.5, 0.6) is 0 Å². The Hall–Kier alpha value is -10.9. The van der Waals surface area contributed by atoms with Gasteiger partial charge in [0.1, 0.15) is 0 Å². The van der Waals surface area contributed by atoms with Crippen LogP contribution in [0.15, 0.2) is 308 Å². The van der Waals surface area contributed by atoms with Crippen molar-refractivity contribution in [3.05, 3.63) is 330 Å². The van der Waals surface area contributed by atoms with Crippen molar-refractivity contribution in [2.75, 3.05) is 0 Å². The van der Waals surface area contributed by atoms with E-state index < -0.39 is 7.12 Å². The van der Waals surface area contributed by atoms with E-state index in [0.29, 0.717) is 34.9 Å². The smallest absolute Gasteiger partial charge is 0.399 e. The van der Waals surface area contributed by atoms with E-state index >= 15 is 0 Å². The molecule has 0 radical (unpaired) electrons. The maximum Gasteiger partial charge on any atom is 0.494 e. The van der Waals surface area contributed by atoms with Gasteiger partial charge in [-0.05, 0) is 130 Å². The summed E-state index contributed by atoms with van der Waals surface area (Å²) in [7, 11) is -0.413. The molecule has 10 heteroatoms. The summed E-state index contributed by atoms with van der Waals surface area (Å²) in [4.78, 5) is 29.3. The van der Waals surface area contributed by atoms with E-state index in [9.17, 15) is 0 Å². The molecule has 2 aromatic heterocycles. The second kappa shape index (κ2) is 26.8. The van der Waals surface area contributed by atoms with Crippen molar-refractivity contribution < 1.29 is 9.31 Å². The molecule has 486 valence electrons. The summed E-state index contributed by atoms with van der Waals surface area (Å²) in [6.45, 7) is 17.5. The van der Waals surface area contributed by atoms with Gasteiger partial charge in [-0.1, -0.05) is 323 Å². The summed E-state index contributed by atoms with van der Waals surface area (Å²) in [5.74, 6) is 3.90. The number of hydrogen-bond donors (Lipinski definition) is 0. The third kappa shape index (κ3) is 12.6. The number of rotatable bonds is 10. The molecule has 0 saturated carbocycles. The highest BCUT2D eigenvalue weighted by Crippen LogP contribution is 2.53. The molecule has 1 fully saturated rings. The highest BCUT2D eigenvalue weighted by molar-refractivity contribution is 9.10. The lowest BCUT2D eigenvalue weighted by Crippen LogP contribution is -2.41. The summed E-state index contributed by atoms with van der Waals surface area (Å²) in [5.41, 5.74) is 23.9. The van der Waals surface area contributed by atoms with Crippen LogP contribution in [-0.2, 0) is 20.1 Å². The van der Waals surface area contributed by atoms with Crippen LogP contribution < -0.4 is 5.46 Å². The van der Waals surface area contributed by atoms with Crippen molar-refractivity contribution in [3.8, 4) is 124 Å². The molecule has 0 spiro atoms. The molecule has 12 aromatic carbocycles. The molecule has 8 nitrogen and oxygen atoms in total. The highest BCUT2D eigenvalue weighted by atomic mass is 79.9. The summed E-state index contributed by atoms with van der Waals surface area (Å²) < 4.78 is 13.8. The molecule has 1 aliphatic heterocycles. The van der Waals surface area contributed by atoms with Crippen LogP contribution in [0.1, 0.15) is 77.6 Å². The van der Waals surface area contributed by atoms with E-state index in [0.717, 1.165) is 61.1 Å². The van der Waals surface area contributed by atoms with Crippen LogP contribution in [-0.4, -0.2) is 48.2 Å². The molecule has 0 amide bonds. The predicted octanol–water partition coefficient (Wildman–Crippen LogP) is 22.1. The quantitative estimate of drug-likeness (QED) is 0.125. The van der Waals surface area contributed by atoms with Crippen LogP contribution in [0, 0.1) is 0 Å². The molecule has 2 aliphatic carbocycles. The van der Waals surface area contributed by atoms with E-state index in [1.54, 1.807) is 0 Å². The Morgan fingerprint density at radius 2 is 0.530 bits per heavy atom. The monoisotopic (exact) mass is 1360 g/mol. The van der Waals surface area contributed by atoms with Gasteiger partial charge in [0.15, 0.2) is 34.9 Å². The maximum absolute atomic E-state index is 6.30. The van der Waals surface area contributed by atoms with Crippen LogP contribution in [0.2, 0.25) is 0 Å². The van der Waals surface area contributed by atoms with Gasteiger partial charge < -0.3 is 9.31 Å². The number of hydrogen-bond acceptors (Lipinski definition) is 8. The lowest BCUT2D eigenvalue weighted by molar-refractivity contribution is 0.00578. The summed E-state index contributed by atoms with van der Waals surface area (Å²) in [6, 6.07) is 105. The Kier molecular flexibility index (Phi) is 17.4. The fourth-order valence-electron chi connectivity index (χ4n) is 14.0. The van der Waals surface area contributed by atoms with Crippen molar-refractivity contribution >= 4 is 28.5 Å². The number of aromatic nitrogens is 6. The van der Waals surface area contributed by atoms with Crippen LogP contribution >= 0.6 is 15.9 Å². The second-order valence-corrected chi connectivity index (χ2v) is 28.6. The first-order valence-electron chi connectivity index (χ1n) is 34.1. The Balaban J connectivity index is 0.000000134. The van der Waals surface area contributed by atoms with E-state index in [4.69, 9.17) is 39.2 Å². The van der Waals surface area contributed by atoms with E-state index in [-0.39, 0.29) is 22.0 Å². The van der Waals surface area contributed by atoms with Crippen molar-refractivity contribution in [2.24, 2.45) is 0 Å². The van der Waals surface area contributed by atoms with Gasteiger partial charge in [0, 0.05) is 54.2 Å². The average Bonchev–Trinajstić information content (AvgIpc) is 1.58. The highest BCUT2D eigenvalue weighted by Gasteiger charge is 2.52. The minimum atomic E-state index is -0.413. The lowest BCUT2D eigenvalue weighted by Gasteiger charge is -2.32. The molecule has 17 rings (SSSR count). The van der Waals surface area contributed by atoms with Crippen LogP contribution in [0.4, 0.5) is 0 Å². The molecule has 3 heterocycles. The largest absolute Gasteiger partial charge is 0.494 e. The molecule has 1 saturated heterocycles. The summed E-state index contributed by atoms with van der Waals surface area (Å²) in [6.07, 6.45) is 0. The molecular formula is C90H74BBrN6O2. The van der Waals surface area contributed by atoms with Gasteiger partial charge in [-0.3, -0.25) is 0 Å². The number of fused-ring (bicyclic) bond motifs is 6. The topological polar surface area (TPSA) is 95.8 Å². The number of nitrogens with zero attached hydrogens (tertiary/aromatic N) is 6.